The van der Waals surface area contributed by atoms with Crippen LogP contribution in [0.2, 0.25) is 0 Å². The Balaban J connectivity index is 2.44. The van der Waals surface area contributed by atoms with Gasteiger partial charge in [0.25, 0.3) is 0 Å². The van der Waals surface area contributed by atoms with Gasteiger partial charge in [-0.15, -0.1) is 0 Å². The van der Waals surface area contributed by atoms with E-state index >= 15 is 0 Å². The van der Waals surface area contributed by atoms with Crippen molar-refractivity contribution in [3.63, 3.8) is 0 Å². The lowest BCUT2D eigenvalue weighted by molar-refractivity contribution is -0.118. The Morgan fingerprint density at radius 2 is 2.16 bits per heavy atom. The van der Waals surface area contributed by atoms with Gasteiger partial charge in [0.05, 0.1) is 5.69 Å². The number of rotatable bonds is 9. The van der Waals surface area contributed by atoms with Crippen molar-refractivity contribution in [1.29, 1.82) is 0 Å². The molecule has 1 atom stereocenters. The predicted molar refractivity (Wildman–Crippen MR) is 78.0 cm³/mol. The third-order valence-corrected chi connectivity index (χ3v) is 3.75. The Bertz CT molecular complexity index is 398. The number of Topliss-reactive ketones (excluding diaryl/α,β-unsaturated/α-hetero) is 1. The van der Waals surface area contributed by atoms with E-state index in [1.807, 2.05) is 17.8 Å². The normalized spacial score (nSPS) is 12.6. The van der Waals surface area contributed by atoms with Crippen LogP contribution in [-0.4, -0.2) is 22.1 Å². The first-order valence-electron chi connectivity index (χ1n) is 7.34. The van der Waals surface area contributed by atoms with Crippen LogP contribution in [0.15, 0.2) is 6.07 Å². The van der Waals surface area contributed by atoms with Crippen LogP contribution in [0.3, 0.4) is 0 Å². The Kier molecular flexibility index (Phi) is 6.78. The van der Waals surface area contributed by atoms with E-state index in [2.05, 4.69) is 18.9 Å². The molecule has 0 aliphatic heterocycles. The number of nitrogens with zero attached hydrogens (tertiary/aromatic N) is 2. The van der Waals surface area contributed by atoms with E-state index in [-0.39, 0.29) is 0 Å². The molecule has 0 aliphatic carbocycles. The lowest BCUT2D eigenvalue weighted by atomic mass is 9.94. The molecule has 1 aromatic heterocycles. The largest absolute Gasteiger partial charge is 0.330 e. The van der Waals surface area contributed by atoms with Crippen LogP contribution in [0.25, 0.3) is 0 Å². The molecule has 2 N–H and O–H groups in total. The molecular formula is C15H27N3O. The maximum atomic E-state index is 12.0. The number of hydrogen-bond acceptors (Lipinski definition) is 3. The summed E-state index contributed by atoms with van der Waals surface area (Å²) < 4.78 is 1.83. The van der Waals surface area contributed by atoms with E-state index in [4.69, 9.17) is 5.73 Å². The summed E-state index contributed by atoms with van der Waals surface area (Å²) in [5.41, 5.74) is 7.65. The second-order valence-electron chi connectivity index (χ2n) is 5.21. The predicted octanol–water partition coefficient (Wildman–Crippen LogP) is 2.25. The Labute approximate surface area is 116 Å². The van der Waals surface area contributed by atoms with Crippen molar-refractivity contribution in [2.24, 2.45) is 18.7 Å². The molecule has 1 rings (SSSR count). The van der Waals surface area contributed by atoms with Gasteiger partial charge in [0.2, 0.25) is 0 Å². The lowest BCUT2D eigenvalue weighted by Gasteiger charge is -2.12. The summed E-state index contributed by atoms with van der Waals surface area (Å²) in [6.45, 7) is 4.96. The highest BCUT2D eigenvalue weighted by molar-refractivity contribution is 5.80. The van der Waals surface area contributed by atoms with Gasteiger partial charge < -0.3 is 5.73 Å². The van der Waals surface area contributed by atoms with Crippen LogP contribution in [-0.2, 0) is 24.7 Å². The van der Waals surface area contributed by atoms with E-state index in [1.54, 1.807) is 0 Å². The van der Waals surface area contributed by atoms with Crippen molar-refractivity contribution in [1.82, 2.24) is 9.78 Å². The van der Waals surface area contributed by atoms with E-state index < -0.39 is 0 Å². The number of aryl methyl sites for hydroxylation is 2. The van der Waals surface area contributed by atoms with Gasteiger partial charge >= 0.3 is 0 Å². The molecule has 1 unspecified atom stereocenters. The van der Waals surface area contributed by atoms with E-state index in [0.29, 0.717) is 31.1 Å². The van der Waals surface area contributed by atoms with Crippen LogP contribution >= 0.6 is 0 Å². The number of carbonyl (C=O) groups is 1. The number of ketones is 1. The van der Waals surface area contributed by atoms with Gasteiger partial charge in [-0.3, -0.25) is 9.48 Å². The van der Waals surface area contributed by atoms with Gasteiger partial charge in [-0.2, -0.15) is 5.10 Å². The number of carbonyl (C=O) groups excluding carboxylic acids is 1. The molecule has 0 aliphatic rings. The SMILES string of the molecule is CCc1cc(CC(=O)CCC(CC)CCN)n(C)n1. The highest BCUT2D eigenvalue weighted by Gasteiger charge is 2.12. The maximum Gasteiger partial charge on any atom is 0.138 e. The fourth-order valence-electron chi connectivity index (χ4n) is 2.35. The molecule has 0 bridgehead atoms. The zero-order valence-electron chi connectivity index (χ0n) is 12.5. The zero-order chi connectivity index (χ0) is 14.3. The van der Waals surface area contributed by atoms with Gasteiger partial charge in [-0.25, -0.2) is 0 Å². The standard InChI is InChI=1S/C15H27N3O/c1-4-12(8-9-16)6-7-15(19)11-14-10-13(5-2)17-18(14)3/h10,12H,4-9,11,16H2,1-3H3. The van der Waals surface area contributed by atoms with E-state index in [0.717, 1.165) is 37.1 Å². The van der Waals surface area contributed by atoms with Gasteiger partial charge in [0, 0.05) is 25.6 Å². The van der Waals surface area contributed by atoms with Crippen molar-refractivity contribution in [3.05, 3.63) is 17.5 Å². The summed E-state index contributed by atoms with van der Waals surface area (Å²) in [6.07, 6.45) is 5.17. The Hall–Kier alpha value is -1.16. The van der Waals surface area contributed by atoms with Gasteiger partial charge in [-0.1, -0.05) is 20.3 Å². The second kappa shape index (κ2) is 8.10. The van der Waals surface area contributed by atoms with Crippen molar-refractivity contribution < 1.29 is 4.79 Å². The molecule has 4 nitrogen and oxygen atoms in total. The van der Waals surface area contributed by atoms with Crippen LogP contribution in [0, 0.1) is 5.92 Å². The zero-order valence-corrected chi connectivity index (χ0v) is 12.5. The number of aromatic nitrogens is 2. The fourth-order valence-corrected chi connectivity index (χ4v) is 2.35. The first-order chi connectivity index (χ1) is 9.10. The monoisotopic (exact) mass is 265 g/mol. The number of nitrogens with two attached hydrogens (primary N) is 1. The molecule has 108 valence electrons. The summed E-state index contributed by atoms with van der Waals surface area (Å²) in [7, 11) is 1.91. The molecule has 4 heteroatoms. The Morgan fingerprint density at radius 1 is 1.42 bits per heavy atom. The summed E-state index contributed by atoms with van der Waals surface area (Å²) in [6, 6.07) is 2.04. The maximum absolute atomic E-state index is 12.0. The smallest absolute Gasteiger partial charge is 0.138 e. The molecule has 1 aromatic rings. The molecule has 1 heterocycles. The molecule has 0 radical (unpaired) electrons. The molecule has 0 saturated carbocycles. The minimum absolute atomic E-state index is 0.307. The summed E-state index contributed by atoms with van der Waals surface area (Å²) >= 11 is 0. The Morgan fingerprint density at radius 3 is 2.68 bits per heavy atom. The molecule has 0 fully saturated rings. The molecule has 0 amide bonds. The van der Waals surface area contributed by atoms with Crippen molar-refractivity contribution in [2.45, 2.75) is 52.4 Å². The molecule has 0 saturated heterocycles. The lowest BCUT2D eigenvalue weighted by Crippen LogP contribution is -2.12. The topological polar surface area (TPSA) is 60.9 Å². The first-order valence-corrected chi connectivity index (χ1v) is 7.34. The van der Waals surface area contributed by atoms with Gasteiger partial charge in [0.15, 0.2) is 0 Å². The van der Waals surface area contributed by atoms with E-state index in [1.165, 1.54) is 0 Å². The van der Waals surface area contributed by atoms with Gasteiger partial charge in [-0.05, 0) is 37.8 Å². The third-order valence-electron chi connectivity index (χ3n) is 3.75. The average molecular weight is 265 g/mol. The van der Waals surface area contributed by atoms with Crippen molar-refractivity contribution in [3.8, 4) is 0 Å². The molecule has 0 spiro atoms. The van der Waals surface area contributed by atoms with Crippen molar-refractivity contribution in [2.75, 3.05) is 6.54 Å². The van der Waals surface area contributed by atoms with Crippen LogP contribution in [0.5, 0.6) is 0 Å². The summed E-state index contributed by atoms with van der Waals surface area (Å²) in [5, 5.41) is 4.37. The molecule has 0 aromatic carbocycles. The molecule has 19 heavy (non-hydrogen) atoms. The number of hydrogen-bond donors (Lipinski definition) is 1. The summed E-state index contributed by atoms with van der Waals surface area (Å²) in [5.74, 6) is 0.896. The highest BCUT2D eigenvalue weighted by Crippen LogP contribution is 2.16. The van der Waals surface area contributed by atoms with Crippen LogP contribution in [0.1, 0.15) is 50.9 Å². The van der Waals surface area contributed by atoms with Crippen LogP contribution < -0.4 is 5.73 Å². The summed E-state index contributed by atoms with van der Waals surface area (Å²) in [4.78, 5) is 12.0. The highest BCUT2D eigenvalue weighted by atomic mass is 16.1. The third kappa shape index (κ3) is 5.15. The second-order valence-corrected chi connectivity index (χ2v) is 5.21. The van der Waals surface area contributed by atoms with E-state index in [9.17, 15) is 4.79 Å². The minimum Gasteiger partial charge on any atom is -0.330 e. The van der Waals surface area contributed by atoms with Crippen LogP contribution in [0.4, 0.5) is 0 Å². The minimum atomic E-state index is 0.307. The molecular weight excluding hydrogens is 238 g/mol. The quantitative estimate of drug-likeness (QED) is 0.745. The first kappa shape index (κ1) is 15.9. The van der Waals surface area contributed by atoms with Gasteiger partial charge in [0.1, 0.15) is 5.78 Å². The average Bonchev–Trinajstić information content (AvgIpc) is 2.75. The fraction of sp³-hybridized carbons (Fsp3) is 0.733. The van der Waals surface area contributed by atoms with Crippen molar-refractivity contribution >= 4 is 5.78 Å².